The topological polar surface area (TPSA) is 107 Å². The van der Waals surface area contributed by atoms with Crippen LogP contribution in [0.2, 0.25) is 0 Å². The number of benzene rings is 1. The van der Waals surface area contributed by atoms with Gasteiger partial charge >= 0.3 is 12.1 Å². The fourth-order valence-corrected chi connectivity index (χ4v) is 1.85. The predicted molar refractivity (Wildman–Crippen MR) is 63.9 cm³/mol. The molecule has 1 amide bonds. The molecule has 0 aromatic heterocycles. The van der Waals surface area contributed by atoms with Crippen molar-refractivity contribution < 1.29 is 24.9 Å². The Hall–Kier alpha value is -2.24. The van der Waals surface area contributed by atoms with Gasteiger partial charge in [0.25, 0.3) is 0 Å². The standard InChI is InChI=1S/C12H15NO5/c1-6-3-8(14)4-7(2)9(6)5-10(11(15)16)13-12(17)18/h3-4,10,13-14H,5H2,1-2H3,(H,15,16)(H,17,18). The molecule has 6 nitrogen and oxygen atoms in total. The van der Waals surface area contributed by atoms with Crippen molar-refractivity contribution in [1.82, 2.24) is 5.32 Å². The molecule has 0 spiro atoms. The molecule has 4 N–H and O–H groups in total. The van der Waals surface area contributed by atoms with E-state index in [1.165, 1.54) is 12.1 Å². The van der Waals surface area contributed by atoms with Crippen LogP contribution in [0.15, 0.2) is 12.1 Å². The lowest BCUT2D eigenvalue weighted by Crippen LogP contribution is -2.41. The van der Waals surface area contributed by atoms with Crippen molar-refractivity contribution in [2.75, 3.05) is 0 Å². The number of hydrogen-bond acceptors (Lipinski definition) is 3. The molecule has 1 aromatic rings. The first-order chi connectivity index (χ1) is 8.31. The number of carbonyl (C=O) groups is 2. The van der Waals surface area contributed by atoms with E-state index in [0.29, 0.717) is 5.56 Å². The van der Waals surface area contributed by atoms with Crippen molar-refractivity contribution in [3.05, 3.63) is 28.8 Å². The fraction of sp³-hybridized carbons (Fsp3) is 0.333. The first-order valence-corrected chi connectivity index (χ1v) is 5.32. The van der Waals surface area contributed by atoms with Gasteiger partial charge in [0.15, 0.2) is 0 Å². The van der Waals surface area contributed by atoms with Gasteiger partial charge in [-0.3, -0.25) is 0 Å². The highest BCUT2D eigenvalue weighted by Crippen LogP contribution is 2.22. The molecule has 1 unspecified atom stereocenters. The van der Waals surface area contributed by atoms with E-state index in [9.17, 15) is 14.7 Å². The Morgan fingerprint density at radius 3 is 2.11 bits per heavy atom. The van der Waals surface area contributed by atoms with E-state index in [2.05, 4.69) is 0 Å². The molecule has 1 atom stereocenters. The number of carboxylic acid groups (broad SMARTS) is 2. The second kappa shape index (κ2) is 5.39. The third kappa shape index (κ3) is 3.38. The van der Waals surface area contributed by atoms with Gasteiger partial charge in [-0.2, -0.15) is 0 Å². The molecule has 0 aliphatic carbocycles. The Balaban J connectivity index is 3.01. The summed E-state index contributed by atoms with van der Waals surface area (Å²) in [6.07, 6.45) is -1.34. The monoisotopic (exact) mass is 253 g/mol. The Morgan fingerprint density at radius 2 is 1.72 bits per heavy atom. The van der Waals surface area contributed by atoms with E-state index < -0.39 is 18.1 Å². The van der Waals surface area contributed by atoms with Crippen LogP contribution in [0.1, 0.15) is 16.7 Å². The second-order valence-electron chi connectivity index (χ2n) is 4.10. The van der Waals surface area contributed by atoms with Gasteiger partial charge in [0, 0.05) is 6.42 Å². The quantitative estimate of drug-likeness (QED) is 0.646. The van der Waals surface area contributed by atoms with E-state index in [-0.39, 0.29) is 12.2 Å². The van der Waals surface area contributed by atoms with Gasteiger partial charge < -0.3 is 20.6 Å². The van der Waals surface area contributed by atoms with E-state index in [1.807, 2.05) is 5.32 Å². The molecule has 0 saturated heterocycles. The largest absolute Gasteiger partial charge is 0.508 e. The molecular weight excluding hydrogens is 238 g/mol. The second-order valence-corrected chi connectivity index (χ2v) is 4.10. The van der Waals surface area contributed by atoms with Gasteiger partial charge in [-0.05, 0) is 42.7 Å². The van der Waals surface area contributed by atoms with E-state index in [4.69, 9.17) is 10.2 Å². The van der Waals surface area contributed by atoms with Crippen LogP contribution in [0.25, 0.3) is 0 Å². The first kappa shape index (κ1) is 13.8. The van der Waals surface area contributed by atoms with Crippen LogP contribution < -0.4 is 5.32 Å². The first-order valence-electron chi connectivity index (χ1n) is 5.32. The molecule has 1 aromatic carbocycles. The smallest absolute Gasteiger partial charge is 0.405 e. The van der Waals surface area contributed by atoms with Crippen LogP contribution in [-0.4, -0.2) is 33.4 Å². The maximum Gasteiger partial charge on any atom is 0.405 e. The molecule has 6 heteroatoms. The van der Waals surface area contributed by atoms with Gasteiger partial charge in [0.2, 0.25) is 0 Å². The molecule has 0 saturated carbocycles. The number of aliphatic carboxylic acids is 1. The van der Waals surface area contributed by atoms with Crippen LogP contribution >= 0.6 is 0 Å². The number of phenols is 1. The van der Waals surface area contributed by atoms with Gasteiger partial charge in [0.1, 0.15) is 11.8 Å². The minimum Gasteiger partial charge on any atom is -0.508 e. The lowest BCUT2D eigenvalue weighted by molar-refractivity contribution is -0.139. The SMILES string of the molecule is Cc1cc(O)cc(C)c1CC(NC(=O)O)C(=O)O. The van der Waals surface area contributed by atoms with Crippen molar-refractivity contribution in [2.24, 2.45) is 0 Å². The summed E-state index contributed by atoms with van der Waals surface area (Å²) in [5.41, 5.74) is 2.17. The Labute approximate surface area is 104 Å². The summed E-state index contributed by atoms with van der Waals surface area (Å²) in [6, 6.07) is 1.83. The highest BCUT2D eigenvalue weighted by Gasteiger charge is 2.21. The summed E-state index contributed by atoms with van der Waals surface area (Å²) in [7, 11) is 0. The van der Waals surface area contributed by atoms with Crippen LogP contribution in [0, 0.1) is 13.8 Å². The van der Waals surface area contributed by atoms with Crippen LogP contribution in [0.4, 0.5) is 4.79 Å². The Bertz CT molecular complexity index is 460. The highest BCUT2D eigenvalue weighted by molar-refractivity contribution is 5.79. The molecule has 0 heterocycles. The molecule has 0 aliphatic heterocycles. The molecule has 0 aliphatic rings. The number of phenolic OH excluding ortho intramolecular Hbond substituents is 1. The average molecular weight is 253 g/mol. The lowest BCUT2D eigenvalue weighted by Gasteiger charge is -2.16. The molecule has 0 radical (unpaired) electrons. The van der Waals surface area contributed by atoms with E-state index in [0.717, 1.165) is 11.1 Å². The van der Waals surface area contributed by atoms with Gasteiger partial charge in [-0.25, -0.2) is 9.59 Å². The molecule has 18 heavy (non-hydrogen) atoms. The van der Waals surface area contributed by atoms with Crippen LogP contribution in [0.5, 0.6) is 5.75 Å². The predicted octanol–water partition coefficient (Wildman–Crippen LogP) is 1.27. The number of carboxylic acids is 1. The molecule has 0 bridgehead atoms. The van der Waals surface area contributed by atoms with Gasteiger partial charge in [-0.1, -0.05) is 0 Å². The number of amides is 1. The van der Waals surface area contributed by atoms with E-state index in [1.54, 1.807) is 13.8 Å². The Kier molecular flexibility index (Phi) is 4.14. The van der Waals surface area contributed by atoms with Crippen molar-refractivity contribution in [1.29, 1.82) is 0 Å². The number of aromatic hydroxyl groups is 1. The molecule has 0 fully saturated rings. The van der Waals surface area contributed by atoms with Crippen molar-refractivity contribution >= 4 is 12.1 Å². The minimum atomic E-state index is -1.38. The minimum absolute atomic E-state index is 0.0412. The van der Waals surface area contributed by atoms with Crippen LogP contribution in [-0.2, 0) is 11.2 Å². The molecule has 1 rings (SSSR count). The van der Waals surface area contributed by atoms with Crippen LogP contribution in [0.3, 0.4) is 0 Å². The lowest BCUT2D eigenvalue weighted by atomic mass is 9.96. The summed E-state index contributed by atoms with van der Waals surface area (Å²) in [5.74, 6) is -1.13. The molecule has 98 valence electrons. The summed E-state index contributed by atoms with van der Waals surface area (Å²) in [4.78, 5) is 21.5. The fourth-order valence-electron chi connectivity index (χ4n) is 1.85. The number of rotatable bonds is 4. The maximum absolute atomic E-state index is 11.0. The normalized spacial score (nSPS) is 11.9. The third-order valence-corrected chi connectivity index (χ3v) is 2.68. The van der Waals surface area contributed by atoms with Gasteiger partial charge in [-0.15, -0.1) is 0 Å². The van der Waals surface area contributed by atoms with Gasteiger partial charge in [0.05, 0.1) is 0 Å². The summed E-state index contributed by atoms with van der Waals surface area (Å²) >= 11 is 0. The zero-order chi connectivity index (χ0) is 13.9. The third-order valence-electron chi connectivity index (χ3n) is 2.68. The Morgan fingerprint density at radius 1 is 1.22 bits per heavy atom. The number of nitrogens with one attached hydrogen (secondary N) is 1. The van der Waals surface area contributed by atoms with Crippen molar-refractivity contribution in [3.63, 3.8) is 0 Å². The summed E-state index contributed by atoms with van der Waals surface area (Å²) in [6.45, 7) is 3.48. The zero-order valence-corrected chi connectivity index (χ0v) is 10.1. The molecular formula is C12H15NO5. The zero-order valence-electron chi connectivity index (χ0n) is 10.1. The average Bonchev–Trinajstić information content (AvgIpc) is 2.20. The number of hydrogen-bond donors (Lipinski definition) is 4. The number of aryl methyl sites for hydroxylation is 2. The summed E-state index contributed by atoms with van der Waals surface area (Å²) < 4.78 is 0. The maximum atomic E-state index is 11.0. The van der Waals surface area contributed by atoms with E-state index >= 15 is 0 Å². The highest BCUT2D eigenvalue weighted by atomic mass is 16.4. The van der Waals surface area contributed by atoms with Crippen molar-refractivity contribution in [2.45, 2.75) is 26.3 Å². The summed E-state index contributed by atoms with van der Waals surface area (Å²) in [5, 5.41) is 28.9. The van der Waals surface area contributed by atoms with Crippen molar-refractivity contribution in [3.8, 4) is 5.75 Å².